The lowest BCUT2D eigenvalue weighted by Gasteiger charge is -2.51. The molecule has 20 nitrogen and oxygen atoms in total. The summed E-state index contributed by atoms with van der Waals surface area (Å²) >= 11 is 0. The lowest BCUT2D eigenvalue weighted by molar-refractivity contribution is -0.374. The predicted octanol–water partition coefficient (Wildman–Crippen LogP) is -8.49. The average Bonchev–Trinajstić information content (AvgIpc) is 3.30. The van der Waals surface area contributed by atoms with E-state index in [0.29, 0.717) is 0 Å². The van der Waals surface area contributed by atoms with Gasteiger partial charge in [-0.15, -0.1) is 0 Å². The molecule has 0 aromatic carbocycles. The Hall–Kier alpha value is -0.800. The molecule has 5 aliphatic rings. The standard InChI is InChI=1S/C26H49N5O15/c1-31-13-17(37)21-9(40-24(13)46-26-19(39)16(36)12(30)10(4-32)41-26)3-8(29)23(44-21)43-20-7(28)2-6(27)14(34)22(20)45-25-18(38)15(35)11(5-33)42-25/h6-26,31-39H,2-5,27-30H2,1H3/t6-,7+,8-,9?,10-,11-,12-,13+,14+,15-,16+,17-,18-,19-,20-,21?,22-,23+,24-,25?,26-/m1/s1. The van der Waals surface area contributed by atoms with Gasteiger partial charge in [-0.2, -0.15) is 0 Å². The normalized spacial score (nSPS) is 54.8. The average molecular weight is 672 g/mol. The monoisotopic (exact) mass is 671 g/mol. The molecule has 1 aliphatic carbocycles. The summed E-state index contributed by atoms with van der Waals surface area (Å²) in [7, 11) is 1.53. The molecule has 1 saturated carbocycles. The fraction of sp³-hybridized carbons (Fsp3) is 1.00. The maximum absolute atomic E-state index is 11.4. The van der Waals surface area contributed by atoms with E-state index in [4.69, 9.17) is 56.1 Å². The minimum Gasteiger partial charge on any atom is -0.394 e. The van der Waals surface area contributed by atoms with Crippen molar-refractivity contribution in [3.63, 3.8) is 0 Å². The van der Waals surface area contributed by atoms with Gasteiger partial charge < -0.3 is 102 Å². The molecule has 0 aromatic rings. The second kappa shape index (κ2) is 15.0. The number of aliphatic hydroxyl groups is 8. The number of likely N-dealkylation sites (N-methyl/N-ethyl adjacent to an activating group) is 1. The molecule has 4 heterocycles. The Morgan fingerprint density at radius 2 is 1.20 bits per heavy atom. The van der Waals surface area contributed by atoms with E-state index >= 15 is 0 Å². The largest absolute Gasteiger partial charge is 0.394 e. The Balaban J connectivity index is 1.27. The summed E-state index contributed by atoms with van der Waals surface area (Å²) < 4.78 is 41.1. The Morgan fingerprint density at radius 3 is 1.83 bits per heavy atom. The number of nitrogens with one attached hydrogen (secondary N) is 1. The van der Waals surface area contributed by atoms with Crippen LogP contribution >= 0.6 is 0 Å². The molecule has 4 saturated heterocycles. The van der Waals surface area contributed by atoms with Gasteiger partial charge in [-0.25, -0.2) is 0 Å². The van der Waals surface area contributed by atoms with E-state index in [-0.39, 0.29) is 12.8 Å². The zero-order valence-electron chi connectivity index (χ0n) is 25.2. The van der Waals surface area contributed by atoms with Crippen LogP contribution in [0, 0.1) is 0 Å². The molecule has 0 aromatic heterocycles. The minimum atomic E-state index is -1.58. The van der Waals surface area contributed by atoms with Gasteiger partial charge in [0.1, 0.15) is 61.0 Å². The summed E-state index contributed by atoms with van der Waals surface area (Å²) in [5.41, 5.74) is 24.7. The summed E-state index contributed by atoms with van der Waals surface area (Å²) in [4.78, 5) is 0. The smallest absolute Gasteiger partial charge is 0.189 e. The van der Waals surface area contributed by atoms with Gasteiger partial charge in [-0.3, -0.25) is 0 Å². The van der Waals surface area contributed by atoms with E-state index in [0.717, 1.165) is 0 Å². The number of hydrogen-bond acceptors (Lipinski definition) is 20. The van der Waals surface area contributed by atoms with Crippen molar-refractivity contribution in [2.75, 3.05) is 20.3 Å². The van der Waals surface area contributed by atoms with Gasteiger partial charge in [0.05, 0.1) is 43.5 Å². The molecule has 0 radical (unpaired) electrons. The van der Waals surface area contributed by atoms with Gasteiger partial charge in [0, 0.05) is 12.1 Å². The van der Waals surface area contributed by atoms with Gasteiger partial charge >= 0.3 is 0 Å². The Morgan fingerprint density at radius 1 is 0.587 bits per heavy atom. The molecule has 0 amide bonds. The van der Waals surface area contributed by atoms with E-state index in [9.17, 15) is 40.9 Å². The van der Waals surface area contributed by atoms with Crippen LogP contribution in [0.25, 0.3) is 0 Å². The number of aliphatic hydroxyl groups excluding tert-OH is 8. The molecule has 5 fully saturated rings. The first-order valence-corrected chi connectivity index (χ1v) is 15.4. The molecule has 0 spiro atoms. The highest BCUT2D eigenvalue weighted by Gasteiger charge is 2.55. The van der Waals surface area contributed by atoms with Crippen molar-refractivity contribution in [1.82, 2.24) is 5.32 Å². The Kier molecular flexibility index (Phi) is 11.9. The SMILES string of the molecule is CN[C@@H]1[C@@H](O[C@H]2O[C@H](CO)[C@@H](N)[C@H](O)[C@H]2O)OC2C[C@@H](N)[C@@H](O[C@H]3[C@H](OC4O[C@H](CO)[C@@H](O)[C@H]4O)[C@@H](O)[C@H](N)C[C@@H]3N)OC2[C@@H]1O. The molecule has 17 N–H and O–H groups in total. The molecule has 0 bridgehead atoms. The number of rotatable bonds is 9. The Labute approximate surface area is 264 Å². The first-order chi connectivity index (χ1) is 21.8. The summed E-state index contributed by atoms with van der Waals surface area (Å²) in [6, 6.07) is -4.53. The van der Waals surface area contributed by atoms with Crippen LogP contribution in [0.4, 0.5) is 0 Å². The van der Waals surface area contributed by atoms with Crippen LogP contribution in [0.15, 0.2) is 0 Å². The molecular weight excluding hydrogens is 622 g/mol. The molecule has 3 unspecified atom stereocenters. The van der Waals surface area contributed by atoms with E-state index in [2.05, 4.69) is 5.32 Å². The second-order valence-corrected chi connectivity index (χ2v) is 12.6. The summed E-state index contributed by atoms with van der Waals surface area (Å²) in [5.74, 6) is 0. The van der Waals surface area contributed by atoms with Crippen LogP contribution in [0.1, 0.15) is 12.8 Å². The van der Waals surface area contributed by atoms with E-state index < -0.39 is 142 Å². The predicted molar refractivity (Wildman–Crippen MR) is 150 cm³/mol. The summed E-state index contributed by atoms with van der Waals surface area (Å²) in [5, 5.41) is 85.6. The van der Waals surface area contributed by atoms with E-state index in [1.54, 1.807) is 0 Å². The second-order valence-electron chi connectivity index (χ2n) is 12.6. The third-order valence-electron chi connectivity index (χ3n) is 9.51. The molecule has 20 heteroatoms. The molecule has 46 heavy (non-hydrogen) atoms. The molecule has 5 rings (SSSR count). The topological polar surface area (TPSA) is 343 Å². The lowest BCUT2D eigenvalue weighted by atomic mass is 9.84. The van der Waals surface area contributed by atoms with Crippen molar-refractivity contribution < 1.29 is 74.0 Å². The quantitative estimate of drug-likeness (QED) is 0.108. The minimum absolute atomic E-state index is 0.0773. The lowest BCUT2D eigenvalue weighted by Crippen LogP contribution is -2.70. The maximum Gasteiger partial charge on any atom is 0.189 e. The first-order valence-electron chi connectivity index (χ1n) is 15.4. The van der Waals surface area contributed by atoms with Crippen molar-refractivity contribution in [2.45, 2.75) is 141 Å². The van der Waals surface area contributed by atoms with Crippen LogP contribution < -0.4 is 28.3 Å². The highest BCUT2D eigenvalue weighted by molar-refractivity contribution is 5.03. The number of hydrogen-bond donors (Lipinski definition) is 13. The van der Waals surface area contributed by atoms with Crippen molar-refractivity contribution in [2.24, 2.45) is 22.9 Å². The van der Waals surface area contributed by atoms with Crippen LogP contribution in [0.2, 0.25) is 0 Å². The van der Waals surface area contributed by atoms with Gasteiger partial charge in [-0.1, -0.05) is 0 Å². The fourth-order valence-corrected chi connectivity index (χ4v) is 6.72. The zero-order chi connectivity index (χ0) is 33.6. The third-order valence-corrected chi connectivity index (χ3v) is 9.51. The molecule has 4 aliphatic heterocycles. The van der Waals surface area contributed by atoms with E-state index in [1.165, 1.54) is 7.05 Å². The van der Waals surface area contributed by atoms with Gasteiger partial charge in [0.15, 0.2) is 25.2 Å². The summed E-state index contributed by atoms with van der Waals surface area (Å²) in [6.45, 7) is -1.13. The molecular formula is C26H49N5O15. The first kappa shape index (κ1) is 36.5. The number of nitrogens with two attached hydrogens (primary N) is 4. The van der Waals surface area contributed by atoms with Crippen LogP contribution in [0.5, 0.6) is 0 Å². The van der Waals surface area contributed by atoms with Gasteiger partial charge in [0.25, 0.3) is 0 Å². The van der Waals surface area contributed by atoms with Crippen molar-refractivity contribution in [3.05, 3.63) is 0 Å². The highest BCUT2D eigenvalue weighted by Crippen LogP contribution is 2.36. The number of ether oxygens (including phenoxy) is 7. The fourth-order valence-electron chi connectivity index (χ4n) is 6.72. The van der Waals surface area contributed by atoms with Gasteiger partial charge in [-0.05, 0) is 19.9 Å². The van der Waals surface area contributed by atoms with E-state index in [1.807, 2.05) is 0 Å². The number of fused-ring (bicyclic) bond motifs is 1. The molecule has 21 atom stereocenters. The van der Waals surface area contributed by atoms with Gasteiger partial charge in [0.2, 0.25) is 0 Å². The van der Waals surface area contributed by atoms with Crippen molar-refractivity contribution in [3.8, 4) is 0 Å². The van der Waals surface area contributed by atoms with Crippen molar-refractivity contribution in [1.29, 1.82) is 0 Å². The molecule has 268 valence electrons. The maximum atomic E-state index is 11.4. The van der Waals surface area contributed by atoms with Crippen LogP contribution in [-0.4, -0.2) is 190 Å². The highest BCUT2D eigenvalue weighted by atomic mass is 16.8. The zero-order valence-corrected chi connectivity index (χ0v) is 25.2. The van der Waals surface area contributed by atoms with Crippen LogP contribution in [0.3, 0.4) is 0 Å². The third kappa shape index (κ3) is 6.95. The summed E-state index contributed by atoms with van der Waals surface area (Å²) in [6.07, 6.45) is -20.2. The van der Waals surface area contributed by atoms with Crippen LogP contribution in [-0.2, 0) is 33.2 Å². The Bertz CT molecular complexity index is 992. The van der Waals surface area contributed by atoms with Crippen molar-refractivity contribution >= 4 is 0 Å².